The van der Waals surface area contributed by atoms with Crippen LogP contribution < -0.4 is 10.5 Å². The summed E-state index contributed by atoms with van der Waals surface area (Å²) in [5.74, 6) is -1.40. The molecule has 5 nitrogen and oxygen atoms in total. The van der Waals surface area contributed by atoms with Crippen molar-refractivity contribution in [3.63, 3.8) is 0 Å². The molecule has 1 aliphatic rings. The lowest BCUT2D eigenvalue weighted by atomic mass is 10.0. The number of amides is 2. The van der Waals surface area contributed by atoms with E-state index in [4.69, 9.17) is 0 Å². The Morgan fingerprint density at radius 2 is 1.75 bits per heavy atom. The molecular weight excluding hydrogens is 368 g/mol. The molecule has 0 unspecified atom stereocenters. The van der Waals surface area contributed by atoms with Gasteiger partial charge in [-0.2, -0.15) is 0 Å². The lowest BCUT2D eigenvalue weighted by Gasteiger charge is -2.17. The first-order chi connectivity index (χ1) is 13.2. The Morgan fingerprint density at radius 3 is 2.36 bits per heavy atom. The van der Waals surface area contributed by atoms with Gasteiger partial charge >= 0.3 is 0 Å². The van der Waals surface area contributed by atoms with Crippen LogP contribution in [0.25, 0.3) is 11.1 Å². The highest BCUT2D eigenvalue weighted by Crippen LogP contribution is 2.21. The Balaban J connectivity index is 1.74. The molecule has 0 radical (unpaired) electrons. The van der Waals surface area contributed by atoms with Gasteiger partial charge < -0.3 is 15.3 Å². The third-order valence-corrected chi connectivity index (χ3v) is 6.99. The Kier molecular flexibility index (Phi) is 5.42. The highest BCUT2D eigenvalue weighted by molar-refractivity contribution is 6.88. The Labute approximate surface area is 166 Å². The maximum absolute atomic E-state index is 12.3. The third kappa shape index (κ3) is 4.17. The van der Waals surface area contributed by atoms with Gasteiger partial charge in [0.1, 0.15) is 0 Å². The van der Waals surface area contributed by atoms with Crippen molar-refractivity contribution in [1.29, 1.82) is 0 Å². The van der Waals surface area contributed by atoms with Gasteiger partial charge in [-0.3, -0.25) is 9.59 Å². The standard InChI is InChI=1S/C22H26N2O3Si/c1-24-14-19(20(25)22(24)27)21(26)23-13-15-7-5-8-16(11-15)17-9-6-10-18(12-17)28(2,3)4/h5-12,25H,13-14H2,1-4H3,(H,23,26). The SMILES string of the molecule is CN1CC(C(=O)NCc2cccc(-c3cccc([Si](C)(C)C)c3)c2)=C(O)C1=O. The number of nitrogens with zero attached hydrogens (tertiary/aromatic N) is 1. The summed E-state index contributed by atoms with van der Waals surface area (Å²) in [6.45, 7) is 7.43. The monoisotopic (exact) mass is 394 g/mol. The van der Waals surface area contributed by atoms with Crippen molar-refractivity contribution in [3.05, 3.63) is 65.4 Å². The van der Waals surface area contributed by atoms with E-state index in [1.807, 2.05) is 12.1 Å². The summed E-state index contributed by atoms with van der Waals surface area (Å²) < 4.78 is 0. The summed E-state index contributed by atoms with van der Waals surface area (Å²) in [7, 11) is 0.161. The molecule has 0 aliphatic carbocycles. The van der Waals surface area contributed by atoms with Gasteiger partial charge in [0.15, 0.2) is 5.76 Å². The Morgan fingerprint density at radius 1 is 1.11 bits per heavy atom. The van der Waals surface area contributed by atoms with E-state index in [2.05, 4.69) is 61.4 Å². The maximum atomic E-state index is 12.3. The largest absolute Gasteiger partial charge is 0.503 e. The van der Waals surface area contributed by atoms with Gasteiger partial charge in [-0.1, -0.05) is 67.3 Å². The molecule has 0 fully saturated rings. The molecule has 2 amide bonds. The summed E-state index contributed by atoms with van der Waals surface area (Å²) in [5, 5.41) is 14.0. The molecule has 6 heteroatoms. The topological polar surface area (TPSA) is 69.6 Å². The minimum Gasteiger partial charge on any atom is -0.503 e. The van der Waals surface area contributed by atoms with Crippen molar-refractivity contribution in [2.24, 2.45) is 0 Å². The first-order valence-corrected chi connectivity index (χ1v) is 12.8. The smallest absolute Gasteiger partial charge is 0.289 e. The van der Waals surface area contributed by atoms with E-state index in [0.717, 1.165) is 16.7 Å². The van der Waals surface area contributed by atoms with E-state index in [1.165, 1.54) is 10.1 Å². The second-order valence-electron chi connectivity index (χ2n) is 8.20. The molecular formula is C22H26N2O3Si. The summed E-state index contributed by atoms with van der Waals surface area (Å²) in [6, 6.07) is 16.7. The summed E-state index contributed by atoms with van der Waals surface area (Å²) in [4.78, 5) is 25.3. The van der Waals surface area contributed by atoms with Crippen molar-refractivity contribution in [1.82, 2.24) is 10.2 Å². The minimum atomic E-state index is -1.39. The van der Waals surface area contributed by atoms with Crippen molar-refractivity contribution >= 4 is 25.1 Å². The lowest BCUT2D eigenvalue weighted by Crippen LogP contribution is -2.37. The number of likely N-dealkylation sites (N-methyl/N-ethyl adjacent to an activating group) is 1. The highest BCUT2D eigenvalue weighted by Gasteiger charge is 2.31. The number of carbonyl (C=O) groups is 2. The highest BCUT2D eigenvalue weighted by atomic mass is 28.3. The number of hydrogen-bond acceptors (Lipinski definition) is 3. The zero-order valence-corrected chi connectivity index (χ0v) is 17.7. The minimum absolute atomic E-state index is 0.117. The molecule has 1 heterocycles. The van der Waals surface area contributed by atoms with Crippen LogP contribution in [0.1, 0.15) is 5.56 Å². The summed E-state index contributed by atoms with van der Waals surface area (Å²) in [5.41, 5.74) is 3.34. The zero-order chi connectivity index (χ0) is 20.5. The van der Waals surface area contributed by atoms with Gasteiger partial charge in [-0.05, 0) is 22.8 Å². The van der Waals surface area contributed by atoms with Crippen LogP contribution in [0.2, 0.25) is 19.6 Å². The van der Waals surface area contributed by atoms with Gasteiger partial charge in [0.25, 0.3) is 11.8 Å². The van der Waals surface area contributed by atoms with Crippen molar-refractivity contribution in [3.8, 4) is 11.1 Å². The molecule has 0 bridgehead atoms. The fourth-order valence-corrected chi connectivity index (χ4v) is 4.37. The van der Waals surface area contributed by atoms with Crippen molar-refractivity contribution in [2.75, 3.05) is 13.6 Å². The number of benzene rings is 2. The molecule has 146 valence electrons. The molecule has 0 spiro atoms. The molecule has 3 rings (SSSR count). The van der Waals surface area contributed by atoms with Crippen LogP contribution in [0.3, 0.4) is 0 Å². The van der Waals surface area contributed by atoms with Crippen LogP contribution in [0.5, 0.6) is 0 Å². The normalized spacial score (nSPS) is 14.6. The molecule has 0 saturated carbocycles. The van der Waals surface area contributed by atoms with Gasteiger partial charge in [-0.15, -0.1) is 0 Å². The second-order valence-corrected chi connectivity index (χ2v) is 13.3. The Hall–Kier alpha value is -2.86. The number of aliphatic hydroxyl groups is 1. The zero-order valence-electron chi connectivity index (χ0n) is 16.7. The quantitative estimate of drug-likeness (QED) is 0.766. The number of nitrogens with one attached hydrogen (secondary N) is 1. The van der Waals surface area contributed by atoms with Crippen LogP contribution in [0.15, 0.2) is 59.9 Å². The van der Waals surface area contributed by atoms with E-state index >= 15 is 0 Å². The third-order valence-electron chi connectivity index (χ3n) is 4.95. The van der Waals surface area contributed by atoms with Crippen LogP contribution >= 0.6 is 0 Å². The van der Waals surface area contributed by atoms with E-state index in [9.17, 15) is 14.7 Å². The number of rotatable bonds is 5. The van der Waals surface area contributed by atoms with E-state index in [1.54, 1.807) is 7.05 Å². The summed E-state index contributed by atoms with van der Waals surface area (Å²) in [6.07, 6.45) is 0. The summed E-state index contributed by atoms with van der Waals surface area (Å²) >= 11 is 0. The average molecular weight is 395 g/mol. The van der Waals surface area contributed by atoms with E-state index in [-0.39, 0.29) is 12.1 Å². The molecule has 0 aromatic heterocycles. The van der Waals surface area contributed by atoms with Gasteiger partial charge in [0.2, 0.25) is 0 Å². The Bertz CT molecular complexity index is 960. The predicted octanol–water partition coefficient (Wildman–Crippen LogP) is 2.80. The molecule has 28 heavy (non-hydrogen) atoms. The first-order valence-electron chi connectivity index (χ1n) is 9.32. The number of carbonyl (C=O) groups excluding carboxylic acids is 2. The van der Waals surface area contributed by atoms with Gasteiger partial charge in [0, 0.05) is 13.6 Å². The van der Waals surface area contributed by atoms with Crippen LogP contribution in [0.4, 0.5) is 0 Å². The van der Waals surface area contributed by atoms with Crippen molar-refractivity contribution < 1.29 is 14.7 Å². The molecule has 2 aromatic rings. The van der Waals surface area contributed by atoms with E-state index < -0.39 is 25.6 Å². The fraction of sp³-hybridized carbons (Fsp3) is 0.273. The van der Waals surface area contributed by atoms with Crippen LogP contribution in [0, 0.1) is 0 Å². The maximum Gasteiger partial charge on any atom is 0.289 e. The molecule has 2 aromatic carbocycles. The average Bonchev–Trinajstić information content (AvgIpc) is 2.93. The number of hydrogen-bond donors (Lipinski definition) is 2. The first kappa shape index (κ1) is 19.9. The lowest BCUT2D eigenvalue weighted by molar-refractivity contribution is -0.126. The van der Waals surface area contributed by atoms with Gasteiger partial charge in [0.05, 0.1) is 20.2 Å². The molecule has 0 atom stereocenters. The second kappa shape index (κ2) is 7.64. The van der Waals surface area contributed by atoms with Crippen LogP contribution in [-0.2, 0) is 16.1 Å². The number of aliphatic hydroxyl groups excluding tert-OH is 1. The van der Waals surface area contributed by atoms with Gasteiger partial charge in [-0.25, -0.2) is 0 Å². The molecule has 1 aliphatic heterocycles. The predicted molar refractivity (Wildman–Crippen MR) is 114 cm³/mol. The van der Waals surface area contributed by atoms with E-state index in [0.29, 0.717) is 6.54 Å². The fourth-order valence-electron chi connectivity index (χ4n) is 3.19. The molecule has 2 N–H and O–H groups in total. The molecule has 0 saturated heterocycles. The van der Waals surface area contributed by atoms with Crippen LogP contribution in [-0.4, -0.2) is 43.5 Å². The van der Waals surface area contributed by atoms with Crippen molar-refractivity contribution in [2.45, 2.75) is 26.2 Å².